The number of benzene rings is 1. The Morgan fingerprint density at radius 1 is 1.41 bits per heavy atom. The van der Waals surface area contributed by atoms with Crippen molar-refractivity contribution in [1.82, 2.24) is 9.55 Å². The first-order chi connectivity index (χ1) is 8.27. The first-order valence-corrected chi connectivity index (χ1v) is 6.71. The van der Waals surface area contributed by atoms with Crippen LogP contribution in [0.25, 0.3) is 5.69 Å². The molecule has 0 aliphatic rings. The number of hydrogen-bond donors (Lipinski definition) is 1. The topological polar surface area (TPSA) is 43.8 Å². The molecule has 0 atom stereocenters. The van der Waals surface area contributed by atoms with Crippen molar-refractivity contribution in [1.29, 1.82) is 0 Å². The zero-order valence-electron chi connectivity index (χ0n) is 10.2. The second-order valence-corrected chi connectivity index (χ2v) is 5.04. The van der Waals surface area contributed by atoms with E-state index in [4.69, 9.17) is 5.73 Å². The number of thioether (sulfide) groups is 1. The van der Waals surface area contributed by atoms with E-state index in [9.17, 15) is 0 Å². The molecule has 4 heteroatoms. The van der Waals surface area contributed by atoms with E-state index in [1.54, 1.807) is 0 Å². The van der Waals surface area contributed by atoms with Crippen molar-refractivity contribution >= 4 is 11.8 Å². The van der Waals surface area contributed by atoms with Gasteiger partial charge in [0.05, 0.1) is 5.69 Å². The van der Waals surface area contributed by atoms with Crippen molar-refractivity contribution in [2.45, 2.75) is 25.3 Å². The van der Waals surface area contributed by atoms with Gasteiger partial charge in [0, 0.05) is 29.4 Å². The molecule has 2 aromatic rings. The molecule has 0 spiro atoms. The number of aromatic nitrogens is 2. The Labute approximate surface area is 106 Å². The fraction of sp³-hybridized carbons (Fsp3) is 0.308. The molecule has 0 bridgehead atoms. The van der Waals surface area contributed by atoms with Gasteiger partial charge in [0.25, 0.3) is 0 Å². The van der Waals surface area contributed by atoms with Crippen LogP contribution in [0.3, 0.4) is 0 Å². The Balaban J connectivity index is 2.54. The zero-order valence-corrected chi connectivity index (χ0v) is 11.0. The lowest BCUT2D eigenvalue weighted by molar-refractivity contribution is 0.919. The molecule has 0 aliphatic carbocycles. The van der Waals surface area contributed by atoms with E-state index in [0.29, 0.717) is 6.54 Å². The van der Waals surface area contributed by atoms with Crippen LogP contribution in [0, 0.1) is 6.92 Å². The first-order valence-electron chi connectivity index (χ1n) is 5.73. The lowest BCUT2D eigenvalue weighted by Crippen LogP contribution is -2.06. The monoisotopic (exact) mass is 247 g/mol. The normalized spacial score (nSPS) is 10.8. The summed E-state index contributed by atoms with van der Waals surface area (Å²) in [5.74, 6) is 2.04. The summed E-state index contributed by atoms with van der Waals surface area (Å²) in [5.41, 5.74) is 8.23. The van der Waals surface area contributed by atoms with Crippen molar-refractivity contribution in [2.24, 2.45) is 5.73 Å². The van der Waals surface area contributed by atoms with Crippen LogP contribution in [-0.2, 0) is 6.54 Å². The number of rotatable bonds is 4. The van der Waals surface area contributed by atoms with Crippen molar-refractivity contribution in [2.75, 3.05) is 5.75 Å². The van der Waals surface area contributed by atoms with Gasteiger partial charge in [0.2, 0.25) is 0 Å². The van der Waals surface area contributed by atoms with E-state index in [1.807, 2.05) is 31.1 Å². The van der Waals surface area contributed by atoms with Gasteiger partial charge in [-0.05, 0) is 24.8 Å². The molecule has 0 unspecified atom stereocenters. The van der Waals surface area contributed by atoms with E-state index < -0.39 is 0 Å². The largest absolute Gasteiger partial charge is 0.326 e. The molecule has 90 valence electrons. The fourth-order valence-corrected chi connectivity index (χ4v) is 2.76. The summed E-state index contributed by atoms with van der Waals surface area (Å²) in [6, 6.07) is 6.30. The van der Waals surface area contributed by atoms with Crippen LogP contribution < -0.4 is 5.73 Å². The Bertz CT molecular complexity index is 505. The molecule has 0 aliphatic heterocycles. The van der Waals surface area contributed by atoms with Gasteiger partial charge in [-0.1, -0.05) is 13.0 Å². The van der Waals surface area contributed by atoms with E-state index in [1.165, 1.54) is 10.5 Å². The average Bonchev–Trinajstić information content (AvgIpc) is 2.75. The van der Waals surface area contributed by atoms with Crippen LogP contribution in [0.2, 0.25) is 0 Å². The van der Waals surface area contributed by atoms with Crippen LogP contribution in [0.5, 0.6) is 0 Å². The molecular formula is C13H17N3S. The molecule has 17 heavy (non-hydrogen) atoms. The number of hydrogen-bond acceptors (Lipinski definition) is 3. The van der Waals surface area contributed by atoms with Gasteiger partial charge in [0.15, 0.2) is 0 Å². The summed E-state index contributed by atoms with van der Waals surface area (Å²) < 4.78 is 2.09. The lowest BCUT2D eigenvalue weighted by atomic mass is 10.1. The van der Waals surface area contributed by atoms with Crippen molar-refractivity contribution in [3.63, 3.8) is 0 Å². The van der Waals surface area contributed by atoms with Crippen LogP contribution >= 0.6 is 11.8 Å². The minimum absolute atomic E-state index is 0.552. The predicted molar refractivity (Wildman–Crippen MR) is 72.6 cm³/mol. The predicted octanol–water partition coefficient (Wildman–Crippen LogP) is 2.75. The number of imidazole rings is 1. The lowest BCUT2D eigenvalue weighted by Gasteiger charge is -2.14. The molecule has 1 heterocycles. The standard InChI is InChI=1S/C13H17N3S/c1-3-17-13-6-4-5-12(11(13)9-14)16-8-7-15-10(16)2/h4-8H,3,9,14H2,1-2H3. The highest BCUT2D eigenvalue weighted by atomic mass is 32.2. The highest BCUT2D eigenvalue weighted by Gasteiger charge is 2.09. The van der Waals surface area contributed by atoms with Gasteiger partial charge >= 0.3 is 0 Å². The minimum atomic E-state index is 0.552. The van der Waals surface area contributed by atoms with Gasteiger partial charge < -0.3 is 10.3 Å². The molecule has 0 saturated carbocycles. The third kappa shape index (κ3) is 2.37. The highest BCUT2D eigenvalue weighted by molar-refractivity contribution is 7.99. The molecule has 0 radical (unpaired) electrons. The molecule has 1 aromatic heterocycles. The second-order valence-electron chi connectivity index (χ2n) is 3.74. The first kappa shape index (κ1) is 12.2. The van der Waals surface area contributed by atoms with Crippen LogP contribution in [0.15, 0.2) is 35.5 Å². The zero-order chi connectivity index (χ0) is 12.3. The summed E-state index contributed by atoms with van der Waals surface area (Å²) in [6.07, 6.45) is 3.79. The molecule has 2 N–H and O–H groups in total. The fourth-order valence-electron chi connectivity index (χ4n) is 1.91. The summed E-state index contributed by atoms with van der Waals surface area (Å²) in [7, 11) is 0. The van der Waals surface area contributed by atoms with E-state index >= 15 is 0 Å². The maximum absolute atomic E-state index is 5.89. The Hall–Kier alpha value is -1.26. The molecule has 1 aromatic carbocycles. The quantitative estimate of drug-likeness (QED) is 0.845. The van der Waals surface area contributed by atoms with Crippen molar-refractivity contribution in [3.05, 3.63) is 42.0 Å². The summed E-state index contributed by atoms with van der Waals surface area (Å²) >= 11 is 1.83. The molecule has 0 amide bonds. The second kappa shape index (κ2) is 5.38. The summed E-state index contributed by atoms with van der Waals surface area (Å²) in [5, 5.41) is 0. The van der Waals surface area contributed by atoms with Crippen LogP contribution in [0.4, 0.5) is 0 Å². The van der Waals surface area contributed by atoms with Crippen molar-refractivity contribution < 1.29 is 0 Å². The van der Waals surface area contributed by atoms with E-state index in [0.717, 1.165) is 17.3 Å². The van der Waals surface area contributed by atoms with Gasteiger partial charge in [-0.3, -0.25) is 0 Å². The Morgan fingerprint density at radius 3 is 2.82 bits per heavy atom. The molecular weight excluding hydrogens is 230 g/mol. The smallest absolute Gasteiger partial charge is 0.110 e. The minimum Gasteiger partial charge on any atom is -0.326 e. The number of nitrogens with zero attached hydrogens (tertiary/aromatic N) is 2. The molecule has 3 nitrogen and oxygen atoms in total. The Kier molecular flexibility index (Phi) is 3.86. The Morgan fingerprint density at radius 2 is 2.24 bits per heavy atom. The van der Waals surface area contributed by atoms with Gasteiger partial charge in [-0.2, -0.15) is 0 Å². The van der Waals surface area contributed by atoms with Crippen LogP contribution in [0.1, 0.15) is 18.3 Å². The highest BCUT2D eigenvalue weighted by Crippen LogP contribution is 2.27. The van der Waals surface area contributed by atoms with Gasteiger partial charge in [-0.15, -0.1) is 11.8 Å². The van der Waals surface area contributed by atoms with E-state index in [2.05, 4.69) is 34.7 Å². The summed E-state index contributed by atoms with van der Waals surface area (Å²) in [4.78, 5) is 5.52. The SMILES string of the molecule is CCSc1cccc(-n2ccnc2C)c1CN. The molecule has 0 fully saturated rings. The number of nitrogens with two attached hydrogens (primary N) is 1. The van der Waals surface area contributed by atoms with E-state index in [-0.39, 0.29) is 0 Å². The van der Waals surface area contributed by atoms with Gasteiger partial charge in [-0.25, -0.2) is 4.98 Å². The molecule has 0 saturated heterocycles. The maximum atomic E-state index is 5.89. The number of aryl methyl sites for hydroxylation is 1. The molecule has 2 rings (SSSR count). The average molecular weight is 247 g/mol. The third-order valence-electron chi connectivity index (χ3n) is 2.70. The maximum Gasteiger partial charge on any atom is 0.110 e. The van der Waals surface area contributed by atoms with Crippen molar-refractivity contribution in [3.8, 4) is 5.69 Å². The summed E-state index contributed by atoms with van der Waals surface area (Å²) in [6.45, 7) is 4.70. The van der Waals surface area contributed by atoms with Gasteiger partial charge in [0.1, 0.15) is 5.82 Å². The third-order valence-corrected chi connectivity index (χ3v) is 3.68. The van der Waals surface area contributed by atoms with Crippen LogP contribution in [-0.4, -0.2) is 15.3 Å².